The first-order valence-corrected chi connectivity index (χ1v) is 5.92. The molecule has 0 radical (unpaired) electrons. The first-order chi connectivity index (χ1) is 7.83. The van der Waals surface area contributed by atoms with Gasteiger partial charge in [-0.05, 0) is 36.6 Å². The Bertz CT molecular complexity index is 388. The second-order valence-corrected chi connectivity index (χ2v) is 4.13. The van der Waals surface area contributed by atoms with Crippen LogP contribution >= 0.6 is 0 Å². The van der Waals surface area contributed by atoms with Crippen molar-refractivity contribution in [2.45, 2.75) is 26.3 Å². The number of hydrogen-bond donors (Lipinski definition) is 2. The predicted octanol–water partition coefficient (Wildman–Crippen LogP) is 1.47. The van der Waals surface area contributed by atoms with Gasteiger partial charge in [0.15, 0.2) is 0 Å². The summed E-state index contributed by atoms with van der Waals surface area (Å²) in [5.74, 6) is 0.0578. The van der Waals surface area contributed by atoms with Gasteiger partial charge in [0.1, 0.15) is 0 Å². The van der Waals surface area contributed by atoms with E-state index in [2.05, 4.69) is 23.6 Å². The molecule has 0 bridgehead atoms. The molecule has 1 aliphatic rings. The van der Waals surface area contributed by atoms with E-state index in [4.69, 9.17) is 0 Å². The molecule has 3 heteroatoms. The molecule has 0 saturated carbocycles. The van der Waals surface area contributed by atoms with E-state index in [0.29, 0.717) is 0 Å². The summed E-state index contributed by atoms with van der Waals surface area (Å²) >= 11 is 0. The number of rotatable bonds is 3. The summed E-state index contributed by atoms with van der Waals surface area (Å²) in [5.41, 5.74) is 3.31. The summed E-state index contributed by atoms with van der Waals surface area (Å²) in [4.78, 5) is 11.9. The van der Waals surface area contributed by atoms with Crippen LogP contribution in [0.5, 0.6) is 0 Å². The van der Waals surface area contributed by atoms with Crippen LogP contribution in [0.1, 0.15) is 34.8 Å². The normalized spacial score (nSPS) is 14.3. The Morgan fingerprint density at radius 3 is 3.19 bits per heavy atom. The highest BCUT2D eigenvalue weighted by molar-refractivity contribution is 5.96. The van der Waals surface area contributed by atoms with Gasteiger partial charge in [0.25, 0.3) is 5.91 Å². The van der Waals surface area contributed by atoms with Crippen molar-refractivity contribution in [3.8, 4) is 0 Å². The average Bonchev–Trinajstić information content (AvgIpc) is 2.35. The van der Waals surface area contributed by atoms with Crippen LogP contribution in [0.15, 0.2) is 18.2 Å². The zero-order chi connectivity index (χ0) is 11.4. The molecule has 2 rings (SSSR count). The first kappa shape index (κ1) is 11.1. The molecule has 3 nitrogen and oxygen atoms in total. The van der Waals surface area contributed by atoms with Crippen LogP contribution in [0.4, 0.5) is 0 Å². The van der Waals surface area contributed by atoms with Crippen LogP contribution in [0.25, 0.3) is 0 Å². The van der Waals surface area contributed by atoms with Gasteiger partial charge in [0.2, 0.25) is 0 Å². The maximum Gasteiger partial charge on any atom is 0.251 e. The van der Waals surface area contributed by atoms with Crippen LogP contribution in [0.3, 0.4) is 0 Å². The van der Waals surface area contributed by atoms with Crippen molar-refractivity contribution in [2.24, 2.45) is 0 Å². The van der Waals surface area contributed by atoms with Gasteiger partial charge in [-0.15, -0.1) is 0 Å². The van der Waals surface area contributed by atoms with Gasteiger partial charge >= 0.3 is 0 Å². The number of amides is 1. The standard InChI is InChI=1S/C13H18N2O/c1-2-7-15-13(16)11-5-3-4-10-6-8-14-9-12(10)11/h3-5,14H,2,6-9H2,1H3,(H,15,16). The highest BCUT2D eigenvalue weighted by Crippen LogP contribution is 2.18. The lowest BCUT2D eigenvalue weighted by atomic mass is 9.95. The second kappa shape index (κ2) is 5.12. The summed E-state index contributed by atoms with van der Waals surface area (Å²) in [6.07, 6.45) is 1.99. The fourth-order valence-corrected chi connectivity index (χ4v) is 2.06. The minimum absolute atomic E-state index is 0.0578. The lowest BCUT2D eigenvalue weighted by Crippen LogP contribution is -2.30. The third kappa shape index (κ3) is 2.25. The number of hydrogen-bond acceptors (Lipinski definition) is 2. The molecule has 0 spiro atoms. The van der Waals surface area contributed by atoms with Crippen molar-refractivity contribution < 1.29 is 4.79 Å². The Balaban J connectivity index is 2.23. The lowest BCUT2D eigenvalue weighted by molar-refractivity contribution is 0.0952. The van der Waals surface area contributed by atoms with E-state index in [1.54, 1.807) is 0 Å². The number of carbonyl (C=O) groups is 1. The van der Waals surface area contributed by atoms with Crippen molar-refractivity contribution in [3.63, 3.8) is 0 Å². The molecule has 0 aromatic heterocycles. The largest absolute Gasteiger partial charge is 0.352 e. The molecule has 0 fully saturated rings. The lowest BCUT2D eigenvalue weighted by Gasteiger charge is -2.19. The molecule has 1 aromatic carbocycles. The topological polar surface area (TPSA) is 41.1 Å². The van der Waals surface area contributed by atoms with Crippen molar-refractivity contribution in [1.82, 2.24) is 10.6 Å². The molecule has 86 valence electrons. The summed E-state index contributed by atoms with van der Waals surface area (Å²) in [6, 6.07) is 6.01. The van der Waals surface area contributed by atoms with Crippen molar-refractivity contribution in [3.05, 3.63) is 34.9 Å². The van der Waals surface area contributed by atoms with Crippen LogP contribution in [0, 0.1) is 0 Å². The van der Waals surface area contributed by atoms with Crippen LogP contribution in [-0.4, -0.2) is 19.0 Å². The van der Waals surface area contributed by atoms with E-state index >= 15 is 0 Å². The predicted molar refractivity (Wildman–Crippen MR) is 64.5 cm³/mol. The van der Waals surface area contributed by atoms with E-state index in [1.165, 1.54) is 11.1 Å². The smallest absolute Gasteiger partial charge is 0.251 e. The van der Waals surface area contributed by atoms with Crippen LogP contribution in [0.2, 0.25) is 0 Å². The Morgan fingerprint density at radius 2 is 2.38 bits per heavy atom. The molecule has 0 saturated heterocycles. The molecular weight excluding hydrogens is 200 g/mol. The molecule has 0 aliphatic carbocycles. The highest BCUT2D eigenvalue weighted by Gasteiger charge is 2.16. The summed E-state index contributed by atoms with van der Waals surface area (Å²) in [7, 11) is 0. The van der Waals surface area contributed by atoms with Gasteiger partial charge in [0.05, 0.1) is 0 Å². The number of carbonyl (C=O) groups excluding carboxylic acids is 1. The zero-order valence-corrected chi connectivity index (χ0v) is 9.68. The number of fused-ring (bicyclic) bond motifs is 1. The summed E-state index contributed by atoms with van der Waals surface area (Å²) in [6.45, 7) is 4.62. The maximum atomic E-state index is 11.9. The van der Waals surface area contributed by atoms with E-state index in [-0.39, 0.29) is 5.91 Å². The number of benzene rings is 1. The van der Waals surface area contributed by atoms with Gasteiger partial charge in [-0.2, -0.15) is 0 Å². The van der Waals surface area contributed by atoms with E-state index < -0.39 is 0 Å². The summed E-state index contributed by atoms with van der Waals surface area (Å²) in [5, 5.41) is 6.24. The minimum Gasteiger partial charge on any atom is -0.352 e. The fraction of sp³-hybridized carbons (Fsp3) is 0.462. The molecule has 1 amide bonds. The molecular formula is C13H18N2O. The molecule has 1 aromatic rings. The van der Waals surface area contributed by atoms with E-state index in [0.717, 1.165) is 38.0 Å². The molecule has 1 aliphatic heterocycles. The van der Waals surface area contributed by atoms with E-state index in [1.807, 2.05) is 12.1 Å². The zero-order valence-electron chi connectivity index (χ0n) is 9.68. The fourth-order valence-electron chi connectivity index (χ4n) is 2.06. The molecule has 1 heterocycles. The van der Waals surface area contributed by atoms with Crippen molar-refractivity contribution in [2.75, 3.05) is 13.1 Å². The summed E-state index contributed by atoms with van der Waals surface area (Å²) < 4.78 is 0. The Labute approximate surface area is 96.2 Å². The van der Waals surface area contributed by atoms with Crippen molar-refractivity contribution in [1.29, 1.82) is 0 Å². The maximum absolute atomic E-state index is 11.9. The van der Waals surface area contributed by atoms with Gasteiger partial charge in [0, 0.05) is 18.7 Å². The Hall–Kier alpha value is -1.35. The third-order valence-corrected chi connectivity index (χ3v) is 2.93. The average molecular weight is 218 g/mol. The number of nitrogens with one attached hydrogen (secondary N) is 2. The van der Waals surface area contributed by atoms with Gasteiger partial charge in [-0.1, -0.05) is 19.1 Å². The molecule has 0 unspecified atom stereocenters. The van der Waals surface area contributed by atoms with E-state index in [9.17, 15) is 4.79 Å². The van der Waals surface area contributed by atoms with Crippen molar-refractivity contribution >= 4 is 5.91 Å². The minimum atomic E-state index is 0.0578. The third-order valence-electron chi connectivity index (χ3n) is 2.93. The molecule has 2 N–H and O–H groups in total. The Kier molecular flexibility index (Phi) is 3.57. The van der Waals surface area contributed by atoms with Crippen LogP contribution in [-0.2, 0) is 13.0 Å². The monoisotopic (exact) mass is 218 g/mol. The quantitative estimate of drug-likeness (QED) is 0.806. The Morgan fingerprint density at radius 1 is 1.50 bits per heavy atom. The van der Waals surface area contributed by atoms with Crippen LogP contribution < -0.4 is 10.6 Å². The molecule has 0 atom stereocenters. The van der Waals surface area contributed by atoms with Gasteiger partial charge < -0.3 is 10.6 Å². The van der Waals surface area contributed by atoms with Gasteiger partial charge in [-0.3, -0.25) is 4.79 Å². The molecule has 16 heavy (non-hydrogen) atoms. The highest BCUT2D eigenvalue weighted by atomic mass is 16.1. The van der Waals surface area contributed by atoms with Gasteiger partial charge in [-0.25, -0.2) is 0 Å². The SMILES string of the molecule is CCCNC(=O)c1cccc2c1CNCC2. The first-order valence-electron chi connectivity index (χ1n) is 5.92. The second-order valence-electron chi connectivity index (χ2n) is 4.13.